The standard InChI is InChI=1S/C20H24N2O5S/c1-4-22(12-15-5-10-18-19(11-15)27-13-26-18)20(23)21-14(2)16-6-8-17(9-7-16)28(3,24)25/h5-11,14H,4,12-13H2,1-3H3,(H,21,23)/t14-/m1/s1. The maximum atomic E-state index is 12.7. The zero-order chi connectivity index (χ0) is 20.3. The number of rotatable bonds is 6. The lowest BCUT2D eigenvalue weighted by atomic mass is 10.1. The molecule has 2 amide bonds. The molecule has 150 valence electrons. The van der Waals surface area contributed by atoms with Crippen LogP contribution in [0.3, 0.4) is 0 Å². The van der Waals surface area contributed by atoms with Gasteiger partial charge >= 0.3 is 6.03 Å². The molecular weight excluding hydrogens is 380 g/mol. The molecule has 7 nitrogen and oxygen atoms in total. The first kappa shape index (κ1) is 20.0. The molecule has 0 saturated carbocycles. The Hall–Kier alpha value is -2.74. The van der Waals surface area contributed by atoms with E-state index in [0.29, 0.717) is 24.6 Å². The molecule has 1 atom stereocenters. The van der Waals surface area contributed by atoms with Crippen LogP contribution in [-0.4, -0.2) is 38.9 Å². The highest BCUT2D eigenvalue weighted by Gasteiger charge is 2.18. The Labute approximate surface area is 165 Å². The van der Waals surface area contributed by atoms with Gasteiger partial charge in [-0.2, -0.15) is 0 Å². The van der Waals surface area contributed by atoms with E-state index in [1.54, 1.807) is 29.2 Å². The summed E-state index contributed by atoms with van der Waals surface area (Å²) < 4.78 is 33.8. The van der Waals surface area contributed by atoms with Crippen LogP contribution >= 0.6 is 0 Å². The first-order valence-electron chi connectivity index (χ1n) is 9.02. The quantitative estimate of drug-likeness (QED) is 0.800. The van der Waals surface area contributed by atoms with Crippen LogP contribution < -0.4 is 14.8 Å². The number of nitrogens with one attached hydrogen (secondary N) is 1. The van der Waals surface area contributed by atoms with Crippen LogP contribution in [0.15, 0.2) is 47.4 Å². The van der Waals surface area contributed by atoms with Crippen molar-refractivity contribution in [3.63, 3.8) is 0 Å². The molecule has 0 aromatic heterocycles. The Bertz CT molecular complexity index is 957. The van der Waals surface area contributed by atoms with E-state index in [9.17, 15) is 13.2 Å². The van der Waals surface area contributed by atoms with Gasteiger partial charge in [0.25, 0.3) is 0 Å². The van der Waals surface area contributed by atoms with Gasteiger partial charge in [-0.05, 0) is 49.2 Å². The number of carbonyl (C=O) groups is 1. The highest BCUT2D eigenvalue weighted by Crippen LogP contribution is 2.32. The summed E-state index contributed by atoms with van der Waals surface area (Å²) in [7, 11) is -3.24. The van der Waals surface area contributed by atoms with Crippen molar-refractivity contribution < 1.29 is 22.7 Å². The van der Waals surface area contributed by atoms with Gasteiger partial charge in [0.15, 0.2) is 21.3 Å². The third-order valence-electron chi connectivity index (χ3n) is 4.63. The molecule has 1 aliphatic rings. The molecule has 0 aliphatic carbocycles. The molecular formula is C20H24N2O5S. The third-order valence-corrected chi connectivity index (χ3v) is 5.76. The normalized spacial score (nSPS) is 13.8. The molecule has 0 unspecified atom stereocenters. The molecule has 0 radical (unpaired) electrons. The lowest BCUT2D eigenvalue weighted by Gasteiger charge is -2.24. The summed E-state index contributed by atoms with van der Waals surface area (Å²) >= 11 is 0. The van der Waals surface area contributed by atoms with E-state index in [2.05, 4.69) is 5.32 Å². The average molecular weight is 404 g/mol. The monoisotopic (exact) mass is 404 g/mol. The minimum Gasteiger partial charge on any atom is -0.454 e. The van der Waals surface area contributed by atoms with Gasteiger partial charge in [-0.15, -0.1) is 0 Å². The number of carbonyl (C=O) groups excluding carboxylic acids is 1. The number of fused-ring (bicyclic) bond motifs is 1. The molecule has 0 spiro atoms. The number of amides is 2. The number of benzene rings is 2. The summed E-state index contributed by atoms with van der Waals surface area (Å²) in [6, 6.07) is 11.7. The first-order chi connectivity index (χ1) is 13.3. The lowest BCUT2D eigenvalue weighted by Crippen LogP contribution is -2.40. The molecule has 2 aromatic rings. The van der Waals surface area contributed by atoms with Crippen molar-refractivity contribution in [2.24, 2.45) is 0 Å². The predicted octanol–water partition coefficient (Wildman–Crippen LogP) is 3.11. The van der Waals surface area contributed by atoms with E-state index in [1.807, 2.05) is 32.0 Å². The van der Waals surface area contributed by atoms with E-state index < -0.39 is 9.84 Å². The fraction of sp³-hybridized carbons (Fsp3) is 0.350. The lowest BCUT2D eigenvalue weighted by molar-refractivity contribution is 0.173. The Balaban J connectivity index is 1.64. The van der Waals surface area contributed by atoms with Gasteiger partial charge in [0, 0.05) is 19.3 Å². The summed E-state index contributed by atoms with van der Waals surface area (Å²) in [5.74, 6) is 1.40. The molecule has 8 heteroatoms. The molecule has 3 rings (SSSR count). The van der Waals surface area contributed by atoms with Crippen LogP contribution in [0.1, 0.15) is 31.0 Å². The van der Waals surface area contributed by atoms with Gasteiger partial charge in [0.2, 0.25) is 6.79 Å². The number of hydrogen-bond donors (Lipinski definition) is 1. The largest absolute Gasteiger partial charge is 0.454 e. The van der Waals surface area contributed by atoms with E-state index in [1.165, 1.54) is 6.26 Å². The summed E-state index contributed by atoms with van der Waals surface area (Å²) in [6.07, 6.45) is 1.17. The second-order valence-corrected chi connectivity index (χ2v) is 8.73. The summed E-state index contributed by atoms with van der Waals surface area (Å²) in [5.41, 5.74) is 1.78. The van der Waals surface area contributed by atoms with E-state index in [-0.39, 0.29) is 23.8 Å². The van der Waals surface area contributed by atoms with Crippen LogP contribution in [0.5, 0.6) is 11.5 Å². The maximum Gasteiger partial charge on any atom is 0.318 e. The predicted molar refractivity (Wildman–Crippen MR) is 105 cm³/mol. The zero-order valence-corrected chi connectivity index (χ0v) is 17.0. The maximum absolute atomic E-state index is 12.7. The topological polar surface area (TPSA) is 84.9 Å². The zero-order valence-electron chi connectivity index (χ0n) is 16.1. The van der Waals surface area contributed by atoms with Crippen molar-refractivity contribution in [3.05, 3.63) is 53.6 Å². The fourth-order valence-electron chi connectivity index (χ4n) is 2.95. The van der Waals surface area contributed by atoms with Crippen molar-refractivity contribution in [2.45, 2.75) is 31.3 Å². The summed E-state index contributed by atoms with van der Waals surface area (Å²) in [5, 5.41) is 2.96. The molecule has 2 aromatic carbocycles. The summed E-state index contributed by atoms with van der Waals surface area (Å²) in [4.78, 5) is 14.6. The fourth-order valence-corrected chi connectivity index (χ4v) is 3.58. The van der Waals surface area contributed by atoms with Crippen molar-refractivity contribution in [1.29, 1.82) is 0 Å². The Kier molecular flexibility index (Phi) is 5.79. The van der Waals surface area contributed by atoms with Crippen molar-refractivity contribution >= 4 is 15.9 Å². The smallest absolute Gasteiger partial charge is 0.318 e. The molecule has 1 aliphatic heterocycles. The van der Waals surface area contributed by atoms with Gasteiger partial charge < -0.3 is 19.7 Å². The van der Waals surface area contributed by atoms with Crippen LogP contribution in [0.4, 0.5) is 4.79 Å². The van der Waals surface area contributed by atoms with Crippen LogP contribution in [0.25, 0.3) is 0 Å². The third kappa shape index (κ3) is 4.56. The molecule has 28 heavy (non-hydrogen) atoms. The number of nitrogens with zero attached hydrogens (tertiary/aromatic N) is 1. The second kappa shape index (κ2) is 8.10. The Morgan fingerprint density at radius 3 is 2.46 bits per heavy atom. The van der Waals surface area contributed by atoms with Gasteiger partial charge in [-0.25, -0.2) is 13.2 Å². The van der Waals surface area contributed by atoms with E-state index in [0.717, 1.165) is 11.1 Å². The number of urea groups is 1. The minimum absolute atomic E-state index is 0.195. The second-order valence-electron chi connectivity index (χ2n) is 6.71. The molecule has 1 heterocycles. The van der Waals surface area contributed by atoms with Crippen molar-refractivity contribution in [2.75, 3.05) is 19.6 Å². The summed E-state index contributed by atoms with van der Waals surface area (Å²) in [6.45, 7) is 4.98. The number of ether oxygens (including phenoxy) is 2. The average Bonchev–Trinajstić information content (AvgIpc) is 3.13. The highest BCUT2D eigenvalue weighted by molar-refractivity contribution is 7.90. The molecule has 0 fully saturated rings. The van der Waals surface area contributed by atoms with Gasteiger partial charge in [-0.3, -0.25) is 0 Å². The van der Waals surface area contributed by atoms with Gasteiger partial charge in [-0.1, -0.05) is 18.2 Å². The van der Waals surface area contributed by atoms with Crippen LogP contribution in [0, 0.1) is 0 Å². The minimum atomic E-state index is -3.24. The highest BCUT2D eigenvalue weighted by atomic mass is 32.2. The van der Waals surface area contributed by atoms with Gasteiger partial charge in [0.05, 0.1) is 10.9 Å². The first-order valence-corrected chi connectivity index (χ1v) is 10.9. The van der Waals surface area contributed by atoms with E-state index >= 15 is 0 Å². The number of sulfone groups is 1. The van der Waals surface area contributed by atoms with Crippen molar-refractivity contribution in [1.82, 2.24) is 10.2 Å². The number of hydrogen-bond acceptors (Lipinski definition) is 5. The molecule has 0 bridgehead atoms. The Morgan fingerprint density at radius 1 is 1.14 bits per heavy atom. The Morgan fingerprint density at radius 2 is 1.82 bits per heavy atom. The van der Waals surface area contributed by atoms with E-state index in [4.69, 9.17) is 9.47 Å². The molecule has 0 saturated heterocycles. The van der Waals surface area contributed by atoms with Gasteiger partial charge in [0.1, 0.15) is 0 Å². The SMILES string of the molecule is CCN(Cc1ccc2c(c1)OCO2)C(=O)N[C@H](C)c1ccc(S(C)(=O)=O)cc1. The van der Waals surface area contributed by atoms with Crippen LogP contribution in [-0.2, 0) is 16.4 Å². The van der Waals surface area contributed by atoms with Crippen LogP contribution in [0.2, 0.25) is 0 Å². The molecule has 1 N–H and O–H groups in total. The van der Waals surface area contributed by atoms with Crippen molar-refractivity contribution in [3.8, 4) is 11.5 Å².